The number of ketones is 1. The Morgan fingerprint density at radius 3 is 1.66 bits per heavy atom. The molecule has 0 bridgehead atoms. The molecule has 0 saturated heterocycles. The molecule has 0 saturated carbocycles. The van der Waals surface area contributed by atoms with Crippen molar-refractivity contribution in [2.45, 2.75) is 43.0 Å². The number of nitrogens with zero attached hydrogens (tertiary/aromatic N) is 2. The van der Waals surface area contributed by atoms with Crippen molar-refractivity contribution in [2.24, 2.45) is 5.92 Å². The molecule has 3 N–H and O–H groups in total. The first-order valence-corrected chi connectivity index (χ1v) is 12.7. The van der Waals surface area contributed by atoms with Gasteiger partial charge in [0.25, 0.3) is 0 Å². The predicted molar refractivity (Wildman–Crippen MR) is 149 cm³/mol. The van der Waals surface area contributed by atoms with Gasteiger partial charge in [-0.05, 0) is 82.7 Å². The molecule has 0 fully saturated rings. The Morgan fingerprint density at radius 2 is 1.38 bits per heavy atom. The van der Waals surface area contributed by atoms with Crippen LogP contribution in [0.1, 0.15) is 40.2 Å². The van der Waals surface area contributed by atoms with Gasteiger partial charge in [-0.25, -0.2) is 0 Å². The van der Waals surface area contributed by atoms with Crippen LogP contribution in [0.3, 0.4) is 0 Å². The number of aromatic nitrogens is 2. The lowest BCUT2D eigenvalue weighted by Gasteiger charge is -2.03. The SMILES string of the molecule is CC(C)=O.CC(C)Cc1cncc(Br)c1.CC(I)I.CO.Nc1cncc(Br)c1. The van der Waals surface area contributed by atoms with Gasteiger partial charge in [-0.3, -0.25) is 9.97 Å². The van der Waals surface area contributed by atoms with E-state index < -0.39 is 0 Å². The van der Waals surface area contributed by atoms with Crippen molar-refractivity contribution >= 4 is 88.5 Å². The van der Waals surface area contributed by atoms with E-state index in [9.17, 15) is 4.79 Å². The Balaban J connectivity index is -0.000000330. The van der Waals surface area contributed by atoms with Crippen LogP contribution < -0.4 is 5.73 Å². The van der Waals surface area contributed by atoms with E-state index in [1.165, 1.54) is 19.4 Å². The fourth-order valence-corrected chi connectivity index (χ4v) is 2.26. The van der Waals surface area contributed by atoms with E-state index >= 15 is 0 Å². The van der Waals surface area contributed by atoms with Crippen molar-refractivity contribution in [2.75, 3.05) is 12.8 Å². The van der Waals surface area contributed by atoms with Gasteiger partial charge in [-0.1, -0.05) is 59.0 Å². The maximum atomic E-state index is 9.44. The van der Waals surface area contributed by atoms with Crippen molar-refractivity contribution in [1.29, 1.82) is 0 Å². The minimum absolute atomic E-state index is 0.167. The number of halogens is 4. The molecule has 29 heavy (non-hydrogen) atoms. The van der Waals surface area contributed by atoms with E-state index in [0.29, 0.717) is 11.6 Å². The van der Waals surface area contributed by atoms with Gasteiger partial charge in [-0.2, -0.15) is 0 Å². The highest BCUT2D eigenvalue weighted by molar-refractivity contribution is 14.2. The van der Waals surface area contributed by atoms with E-state index in [1.807, 2.05) is 12.4 Å². The summed E-state index contributed by atoms with van der Waals surface area (Å²) < 4.78 is 2.75. The highest BCUT2D eigenvalue weighted by Gasteiger charge is 1.97. The summed E-state index contributed by atoms with van der Waals surface area (Å²) in [7, 11) is 1.00. The average molecular weight is 759 g/mol. The van der Waals surface area contributed by atoms with Crippen molar-refractivity contribution in [3.63, 3.8) is 0 Å². The lowest BCUT2D eigenvalue weighted by Crippen LogP contribution is -1.94. The zero-order chi connectivity index (χ0) is 23.4. The third-order valence-electron chi connectivity index (χ3n) is 2.13. The number of aliphatic hydroxyl groups is 1. The maximum Gasteiger partial charge on any atom is 0.126 e. The molecule has 2 aromatic rings. The topological polar surface area (TPSA) is 89.1 Å². The Morgan fingerprint density at radius 1 is 1.00 bits per heavy atom. The monoisotopic (exact) mass is 757 g/mol. The van der Waals surface area contributed by atoms with Crippen LogP contribution in [-0.2, 0) is 11.2 Å². The number of rotatable bonds is 2. The van der Waals surface area contributed by atoms with Gasteiger partial charge < -0.3 is 15.6 Å². The number of anilines is 1. The van der Waals surface area contributed by atoms with E-state index in [2.05, 4.69) is 114 Å². The van der Waals surface area contributed by atoms with Crippen molar-refractivity contribution in [3.8, 4) is 0 Å². The minimum Gasteiger partial charge on any atom is -0.400 e. The molecular weight excluding hydrogens is 728 g/mol. The predicted octanol–water partition coefficient (Wildman–Crippen LogP) is 6.88. The number of carbonyl (C=O) groups is 1. The zero-order valence-electron chi connectivity index (χ0n) is 17.7. The number of pyridine rings is 2. The first-order valence-electron chi connectivity index (χ1n) is 8.59. The summed E-state index contributed by atoms with van der Waals surface area (Å²) >= 11 is 11.3. The van der Waals surface area contributed by atoms with Crippen LogP contribution in [0.5, 0.6) is 0 Å². The van der Waals surface area contributed by atoms with E-state index in [0.717, 1.165) is 24.4 Å². The molecule has 2 heterocycles. The van der Waals surface area contributed by atoms with Crippen LogP contribution in [0.2, 0.25) is 0 Å². The normalized spacial score (nSPS) is 8.86. The van der Waals surface area contributed by atoms with Crippen LogP contribution >= 0.6 is 77.0 Å². The lowest BCUT2D eigenvalue weighted by atomic mass is 10.1. The number of Topliss-reactive ketones (excluding diaryl/α,β-unsaturated/α-hetero) is 1. The molecule has 0 spiro atoms. The van der Waals surface area contributed by atoms with Crippen molar-refractivity contribution < 1.29 is 9.90 Å². The van der Waals surface area contributed by atoms with Crippen molar-refractivity contribution in [1.82, 2.24) is 9.97 Å². The molecular formula is C20H31Br2I2N3O2. The molecule has 166 valence electrons. The van der Waals surface area contributed by atoms with Gasteiger partial charge >= 0.3 is 0 Å². The zero-order valence-corrected chi connectivity index (χ0v) is 25.2. The second kappa shape index (κ2) is 22.8. The lowest BCUT2D eigenvalue weighted by molar-refractivity contribution is -0.114. The number of hydrogen-bond donors (Lipinski definition) is 2. The molecule has 0 unspecified atom stereocenters. The van der Waals surface area contributed by atoms with Gasteiger partial charge in [0.2, 0.25) is 0 Å². The molecule has 0 aliphatic heterocycles. The fraction of sp³-hybridized carbons (Fsp3) is 0.450. The molecule has 0 aliphatic carbocycles. The van der Waals surface area contributed by atoms with Crippen LogP contribution in [0, 0.1) is 5.92 Å². The second-order valence-corrected chi connectivity index (χ2v) is 13.9. The van der Waals surface area contributed by atoms with E-state index in [4.69, 9.17) is 10.8 Å². The van der Waals surface area contributed by atoms with E-state index in [1.54, 1.807) is 18.5 Å². The summed E-state index contributed by atoms with van der Waals surface area (Å²) in [5.74, 6) is 0.867. The third-order valence-corrected chi connectivity index (χ3v) is 3.00. The Labute approximate surface area is 219 Å². The summed E-state index contributed by atoms with van der Waals surface area (Å²) in [5, 5.41) is 7.00. The highest BCUT2D eigenvalue weighted by Crippen LogP contribution is 2.12. The molecule has 9 heteroatoms. The molecule has 5 nitrogen and oxygen atoms in total. The number of hydrogen-bond acceptors (Lipinski definition) is 5. The largest absolute Gasteiger partial charge is 0.400 e. The second-order valence-electron chi connectivity index (χ2n) is 5.97. The third kappa shape index (κ3) is 33.0. The Kier molecular flexibility index (Phi) is 26.6. The van der Waals surface area contributed by atoms with Crippen LogP contribution in [0.4, 0.5) is 5.69 Å². The Hall–Kier alpha value is 0.150. The molecule has 0 amide bonds. The van der Waals surface area contributed by atoms with Gasteiger partial charge in [-0.15, -0.1) is 0 Å². The number of alkyl halides is 2. The van der Waals surface area contributed by atoms with E-state index in [-0.39, 0.29) is 5.78 Å². The fourth-order valence-electron chi connectivity index (χ4n) is 1.47. The maximum absolute atomic E-state index is 9.44. The minimum atomic E-state index is 0.167. The van der Waals surface area contributed by atoms with Gasteiger partial charge in [0, 0.05) is 40.8 Å². The summed E-state index contributed by atoms with van der Waals surface area (Å²) in [5.41, 5.74) is 7.35. The van der Waals surface area contributed by atoms with Crippen LogP contribution in [0.25, 0.3) is 0 Å². The van der Waals surface area contributed by atoms with Gasteiger partial charge in [0.1, 0.15) is 5.78 Å². The standard InChI is InChI=1S/C9H12BrN.C5H5BrN2.C3H6O.C2H4I2.CH4O/c1-7(2)3-8-4-9(10)6-11-5-8;6-4-1-5(7)3-8-2-4;1-3(2)4;1-2(3)4;1-2/h4-7H,3H2,1-2H3;1-3H,7H2;1-2H3;2H,1H3;2H,1H3. The first kappa shape index (κ1) is 33.8. The van der Waals surface area contributed by atoms with Gasteiger partial charge in [0.15, 0.2) is 0 Å². The number of carbonyl (C=O) groups excluding carboxylic acids is 1. The first-order chi connectivity index (χ1) is 13.4. The summed E-state index contributed by atoms with van der Waals surface area (Å²) in [4.78, 5) is 17.3. The van der Waals surface area contributed by atoms with Crippen LogP contribution in [-0.4, -0.2) is 29.9 Å². The average Bonchev–Trinajstić information content (AvgIpc) is 2.55. The quantitative estimate of drug-likeness (QED) is 0.258. The number of nitrogen functional groups attached to an aromatic ring is 1. The molecule has 0 atom stereocenters. The summed E-state index contributed by atoms with van der Waals surface area (Å²) in [6, 6.07) is 3.92. The van der Waals surface area contributed by atoms with Gasteiger partial charge in [0.05, 0.1) is 7.62 Å². The number of nitrogens with two attached hydrogens (primary N) is 1. The molecule has 0 radical (unpaired) electrons. The smallest absolute Gasteiger partial charge is 0.126 e. The molecule has 0 aromatic carbocycles. The van der Waals surface area contributed by atoms with Crippen LogP contribution in [0.15, 0.2) is 45.9 Å². The summed E-state index contributed by atoms with van der Waals surface area (Å²) in [6.45, 7) is 9.61. The Bertz CT molecular complexity index is 637. The molecule has 2 aromatic heterocycles. The number of aliphatic hydroxyl groups excluding tert-OH is 1. The molecule has 0 aliphatic rings. The summed E-state index contributed by atoms with van der Waals surface area (Å²) in [6.07, 6.45) is 8.13. The van der Waals surface area contributed by atoms with Crippen molar-refractivity contribution in [3.05, 3.63) is 51.4 Å². The highest BCUT2D eigenvalue weighted by atomic mass is 127. The molecule has 2 rings (SSSR count).